The number of hydrogen-bond donors (Lipinski definition) is 0. The number of nitrogens with zero attached hydrogens (tertiary/aromatic N) is 2. The van der Waals surface area contributed by atoms with E-state index in [1.54, 1.807) is 23.5 Å². The maximum absolute atomic E-state index is 6.16. The highest BCUT2D eigenvalue weighted by molar-refractivity contribution is 9.10. The molecule has 0 aliphatic rings. The van der Waals surface area contributed by atoms with E-state index in [2.05, 4.69) is 36.8 Å². The zero-order valence-corrected chi connectivity index (χ0v) is 15.2. The summed E-state index contributed by atoms with van der Waals surface area (Å²) in [5.41, 5.74) is 0.927. The Bertz CT molecular complexity index is 787. The number of rotatable bonds is 3. The van der Waals surface area contributed by atoms with Crippen LogP contribution in [-0.4, -0.2) is 9.38 Å². The van der Waals surface area contributed by atoms with Gasteiger partial charge in [-0.3, -0.25) is 4.40 Å². The van der Waals surface area contributed by atoms with Crippen LogP contribution in [0.5, 0.6) is 11.6 Å². The first-order chi connectivity index (χ1) is 9.60. The first-order valence-electron chi connectivity index (χ1n) is 5.43. The summed E-state index contributed by atoms with van der Waals surface area (Å²) >= 11 is 20.5. The van der Waals surface area contributed by atoms with Gasteiger partial charge in [0.2, 0.25) is 5.88 Å². The number of imidazole rings is 1. The van der Waals surface area contributed by atoms with Crippen LogP contribution in [0.1, 0.15) is 5.69 Å². The third kappa shape index (κ3) is 2.60. The Morgan fingerprint density at radius 2 is 2.10 bits per heavy atom. The number of thiazole rings is 1. The van der Waals surface area contributed by atoms with Gasteiger partial charge in [-0.2, -0.15) is 4.98 Å². The topological polar surface area (TPSA) is 26.5 Å². The molecule has 2 aromatic heterocycles. The van der Waals surface area contributed by atoms with Crippen LogP contribution in [0.25, 0.3) is 4.96 Å². The lowest BCUT2D eigenvalue weighted by Gasteiger charge is -2.08. The highest BCUT2D eigenvalue weighted by Gasteiger charge is 2.16. The largest absolute Gasteiger partial charge is 0.436 e. The van der Waals surface area contributed by atoms with Crippen molar-refractivity contribution in [3.8, 4) is 11.6 Å². The minimum atomic E-state index is 0.471. The van der Waals surface area contributed by atoms with Crippen LogP contribution in [0.4, 0.5) is 0 Å². The van der Waals surface area contributed by atoms with Crippen molar-refractivity contribution in [1.29, 1.82) is 0 Å². The van der Waals surface area contributed by atoms with Crippen LogP contribution in [0.2, 0.25) is 10.0 Å². The normalized spacial score (nSPS) is 11.2. The van der Waals surface area contributed by atoms with E-state index in [0.29, 0.717) is 27.0 Å². The van der Waals surface area contributed by atoms with Crippen molar-refractivity contribution >= 4 is 71.4 Å². The Hall–Kier alpha value is -0.270. The van der Waals surface area contributed by atoms with E-state index in [0.717, 1.165) is 15.1 Å². The Balaban J connectivity index is 2.05. The number of alkyl halides is 1. The second-order valence-corrected chi connectivity index (χ2v) is 6.95. The van der Waals surface area contributed by atoms with Crippen LogP contribution >= 0.6 is 66.4 Å². The van der Waals surface area contributed by atoms with Gasteiger partial charge in [-0.05, 0) is 22.0 Å². The second kappa shape index (κ2) is 5.85. The summed E-state index contributed by atoms with van der Waals surface area (Å²) in [4.78, 5) is 5.32. The van der Waals surface area contributed by atoms with Crippen LogP contribution in [-0.2, 0) is 5.33 Å². The molecule has 1 aromatic carbocycles. The van der Waals surface area contributed by atoms with Crippen LogP contribution in [0.15, 0.2) is 28.2 Å². The quantitative estimate of drug-likeness (QED) is 0.349. The van der Waals surface area contributed by atoms with E-state index >= 15 is 0 Å². The number of benzene rings is 1. The summed E-state index contributed by atoms with van der Waals surface area (Å²) in [7, 11) is 0. The summed E-state index contributed by atoms with van der Waals surface area (Å²) in [5, 5.41) is 3.60. The second-order valence-electron chi connectivity index (χ2n) is 3.85. The number of ether oxygens (including phenoxy) is 1. The molecule has 0 unspecified atom stereocenters. The number of aromatic nitrogens is 2. The van der Waals surface area contributed by atoms with Crippen molar-refractivity contribution in [2.24, 2.45) is 0 Å². The number of fused-ring (bicyclic) bond motifs is 1. The van der Waals surface area contributed by atoms with Gasteiger partial charge >= 0.3 is 0 Å². The maximum atomic E-state index is 6.16. The standard InChI is InChI=1S/C12H6Br2Cl2N2OS/c13-5-9-11(17-12-18(9)1-2-20-12)19-10-4-7(15)6(14)3-8(10)16/h1-4H,5H2. The summed E-state index contributed by atoms with van der Waals surface area (Å²) in [6.07, 6.45) is 1.95. The molecule has 0 amide bonds. The fraction of sp³-hybridized carbons (Fsp3) is 0.0833. The van der Waals surface area contributed by atoms with Gasteiger partial charge in [-0.1, -0.05) is 39.1 Å². The summed E-state index contributed by atoms with van der Waals surface area (Å²) < 4.78 is 8.52. The Morgan fingerprint density at radius 1 is 1.30 bits per heavy atom. The number of hydrogen-bond acceptors (Lipinski definition) is 3. The molecular formula is C12H6Br2Cl2N2OS. The molecule has 3 rings (SSSR count). The van der Waals surface area contributed by atoms with Crippen molar-refractivity contribution in [3.05, 3.63) is 43.9 Å². The molecule has 20 heavy (non-hydrogen) atoms. The minimum absolute atomic E-state index is 0.471. The zero-order valence-electron chi connectivity index (χ0n) is 9.74. The number of halogens is 4. The van der Waals surface area contributed by atoms with E-state index in [9.17, 15) is 0 Å². The maximum Gasteiger partial charge on any atom is 0.243 e. The molecule has 3 nitrogen and oxygen atoms in total. The lowest BCUT2D eigenvalue weighted by atomic mass is 10.3. The van der Waals surface area contributed by atoms with Crippen LogP contribution in [0.3, 0.4) is 0 Å². The Kier molecular flexibility index (Phi) is 4.29. The van der Waals surface area contributed by atoms with Gasteiger partial charge < -0.3 is 4.74 Å². The molecule has 3 aromatic rings. The molecular weight excluding hydrogens is 451 g/mol. The van der Waals surface area contributed by atoms with Gasteiger partial charge in [0.15, 0.2) is 4.96 Å². The summed E-state index contributed by atoms with van der Waals surface area (Å²) in [6.45, 7) is 0. The summed E-state index contributed by atoms with van der Waals surface area (Å²) in [5.74, 6) is 1.00. The molecule has 0 aliphatic carbocycles. The molecule has 0 saturated carbocycles. The average molecular weight is 457 g/mol. The third-order valence-electron chi connectivity index (χ3n) is 2.63. The lowest BCUT2D eigenvalue weighted by molar-refractivity contribution is 0.462. The zero-order chi connectivity index (χ0) is 14.3. The van der Waals surface area contributed by atoms with Crippen molar-refractivity contribution in [3.63, 3.8) is 0 Å². The smallest absolute Gasteiger partial charge is 0.243 e. The molecule has 0 bridgehead atoms. The predicted molar refractivity (Wildman–Crippen MR) is 89.9 cm³/mol. The fourth-order valence-corrected chi connectivity index (χ4v) is 3.77. The van der Waals surface area contributed by atoms with Gasteiger partial charge in [-0.15, -0.1) is 11.3 Å². The Labute approximate surface area is 145 Å². The van der Waals surface area contributed by atoms with E-state index < -0.39 is 0 Å². The van der Waals surface area contributed by atoms with Gasteiger partial charge in [0.1, 0.15) is 5.75 Å². The fourth-order valence-electron chi connectivity index (χ4n) is 1.70. The first-order valence-corrected chi connectivity index (χ1v) is 8.98. The average Bonchev–Trinajstić information content (AvgIpc) is 2.96. The first kappa shape index (κ1) is 14.7. The molecule has 0 radical (unpaired) electrons. The highest BCUT2D eigenvalue weighted by atomic mass is 79.9. The van der Waals surface area contributed by atoms with E-state index in [-0.39, 0.29) is 0 Å². The molecule has 0 atom stereocenters. The van der Waals surface area contributed by atoms with Gasteiger partial charge in [-0.25, -0.2) is 0 Å². The monoisotopic (exact) mass is 454 g/mol. The molecule has 0 aliphatic heterocycles. The van der Waals surface area contributed by atoms with Gasteiger partial charge in [0.25, 0.3) is 0 Å². The summed E-state index contributed by atoms with van der Waals surface area (Å²) in [6, 6.07) is 3.37. The molecule has 0 fully saturated rings. The van der Waals surface area contributed by atoms with Crippen molar-refractivity contribution in [2.45, 2.75) is 5.33 Å². The van der Waals surface area contributed by atoms with Crippen molar-refractivity contribution in [1.82, 2.24) is 9.38 Å². The molecule has 0 saturated heterocycles. The Morgan fingerprint density at radius 3 is 2.85 bits per heavy atom. The van der Waals surface area contributed by atoms with Crippen molar-refractivity contribution < 1.29 is 4.74 Å². The molecule has 2 heterocycles. The van der Waals surface area contributed by atoms with Crippen molar-refractivity contribution in [2.75, 3.05) is 0 Å². The molecule has 104 valence electrons. The third-order valence-corrected chi connectivity index (χ3v) is 5.41. The van der Waals surface area contributed by atoms with Crippen LogP contribution < -0.4 is 4.74 Å². The van der Waals surface area contributed by atoms with Gasteiger partial charge in [0, 0.05) is 27.4 Å². The SMILES string of the molecule is Clc1cc(Oc2nc3sccn3c2CBr)c(Cl)cc1Br. The lowest BCUT2D eigenvalue weighted by Crippen LogP contribution is -1.91. The minimum Gasteiger partial charge on any atom is -0.436 e. The molecule has 0 spiro atoms. The van der Waals surface area contributed by atoms with E-state index in [1.807, 2.05) is 16.0 Å². The van der Waals surface area contributed by atoms with Crippen LogP contribution in [0, 0.1) is 0 Å². The van der Waals surface area contributed by atoms with E-state index in [1.165, 1.54) is 0 Å². The van der Waals surface area contributed by atoms with E-state index in [4.69, 9.17) is 27.9 Å². The highest BCUT2D eigenvalue weighted by Crippen LogP contribution is 2.38. The molecule has 8 heteroatoms. The predicted octanol–water partition coefficient (Wildman–Crippen LogP) is 6.15. The van der Waals surface area contributed by atoms with Gasteiger partial charge in [0.05, 0.1) is 15.7 Å². The molecule has 0 N–H and O–H groups in total.